The second-order valence-corrected chi connectivity index (χ2v) is 5.86. The van der Waals surface area contributed by atoms with Crippen LogP contribution in [0.1, 0.15) is 28.1 Å². The quantitative estimate of drug-likeness (QED) is 0.559. The highest BCUT2D eigenvalue weighted by Crippen LogP contribution is 2.26. The Balaban J connectivity index is 1.90. The van der Waals surface area contributed by atoms with Gasteiger partial charge in [0.15, 0.2) is 5.76 Å². The zero-order valence-corrected chi connectivity index (χ0v) is 14.3. The van der Waals surface area contributed by atoms with E-state index in [1.165, 1.54) is 5.56 Å². The van der Waals surface area contributed by atoms with Crippen molar-refractivity contribution in [3.8, 4) is 0 Å². The molecule has 1 heterocycles. The minimum Gasteiger partial charge on any atom is -0.354 e. The Kier molecular flexibility index (Phi) is 4.92. The molecule has 0 bridgehead atoms. The maximum absolute atomic E-state index is 6.16. The maximum atomic E-state index is 6.16. The number of aliphatic imine (C=N–C) groups is 1. The smallest absolute Gasteiger partial charge is 0.185 e. The Morgan fingerprint density at radius 1 is 0.958 bits per heavy atom. The minimum absolute atomic E-state index is 0.624. The van der Waals surface area contributed by atoms with E-state index < -0.39 is 0 Å². The first-order valence-electron chi connectivity index (χ1n) is 7.64. The van der Waals surface area contributed by atoms with Crippen LogP contribution in [-0.4, -0.2) is 11.4 Å². The van der Waals surface area contributed by atoms with Crippen molar-refractivity contribution >= 4 is 35.7 Å². The summed E-state index contributed by atoms with van der Waals surface area (Å²) in [4.78, 5) is 4.51. The largest absolute Gasteiger partial charge is 0.354 e. The number of hydrogen-bond acceptors (Lipinski definition) is 3. The fraction of sp³-hybridized carbons (Fsp3) is 0.100. The summed E-state index contributed by atoms with van der Waals surface area (Å²) in [6.45, 7) is 3.94. The lowest BCUT2D eigenvalue weighted by Gasteiger charge is -1.98. The molecule has 0 unspecified atom stereocenters. The first-order chi connectivity index (χ1) is 11.6. The van der Waals surface area contributed by atoms with Gasteiger partial charge in [0.25, 0.3) is 0 Å². The molecule has 0 aliphatic heterocycles. The SMILES string of the molecule is Cc1ccccc1/C=C/c1onc(C)c1N=Cc1ccccc1Cl. The van der Waals surface area contributed by atoms with Crippen LogP contribution in [0.2, 0.25) is 5.02 Å². The van der Waals surface area contributed by atoms with Gasteiger partial charge in [-0.1, -0.05) is 65.3 Å². The van der Waals surface area contributed by atoms with E-state index in [1.807, 2.05) is 55.5 Å². The fourth-order valence-corrected chi connectivity index (χ4v) is 2.49. The molecular weight excluding hydrogens is 320 g/mol. The van der Waals surface area contributed by atoms with Crippen LogP contribution in [0, 0.1) is 13.8 Å². The van der Waals surface area contributed by atoms with E-state index in [4.69, 9.17) is 16.1 Å². The first kappa shape index (κ1) is 16.2. The zero-order chi connectivity index (χ0) is 16.9. The molecule has 0 spiro atoms. The Morgan fingerprint density at radius 2 is 1.67 bits per heavy atom. The Morgan fingerprint density at radius 3 is 2.42 bits per heavy atom. The minimum atomic E-state index is 0.624. The molecule has 0 amide bonds. The summed E-state index contributed by atoms with van der Waals surface area (Å²) >= 11 is 6.16. The molecule has 0 atom stereocenters. The highest BCUT2D eigenvalue weighted by Gasteiger charge is 2.09. The predicted octanol–water partition coefficient (Wildman–Crippen LogP) is 5.87. The van der Waals surface area contributed by atoms with Crippen molar-refractivity contribution in [1.29, 1.82) is 0 Å². The van der Waals surface area contributed by atoms with Gasteiger partial charge in [0.1, 0.15) is 11.4 Å². The van der Waals surface area contributed by atoms with Crippen LogP contribution in [0.4, 0.5) is 5.69 Å². The van der Waals surface area contributed by atoms with E-state index in [9.17, 15) is 0 Å². The molecular formula is C20H17ClN2O. The van der Waals surface area contributed by atoms with Crippen LogP contribution in [-0.2, 0) is 0 Å². The van der Waals surface area contributed by atoms with Crippen LogP contribution >= 0.6 is 11.6 Å². The number of hydrogen-bond donors (Lipinski definition) is 0. The summed E-state index contributed by atoms with van der Waals surface area (Å²) in [5.74, 6) is 0.624. The molecule has 0 radical (unpaired) electrons. The lowest BCUT2D eigenvalue weighted by atomic mass is 10.1. The maximum Gasteiger partial charge on any atom is 0.185 e. The first-order valence-corrected chi connectivity index (χ1v) is 8.01. The summed E-state index contributed by atoms with van der Waals surface area (Å²) in [7, 11) is 0. The van der Waals surface area contributed by atoms with Gasteiger partial charge in [0.05, 0.1) is 0 Å². The van der Waals surface area contributed by atoms with Gasteiger partial charge in [-0.15, -0.1) is 0 Å². The molecule has 0 saturated carbocycles. The highest BCUT2D eigenvalue weighted by atomic mass is 35.5. The monoisotopic (exact) mass is 336 g/mol. The van der Waals surface area contributed by atoms with E-state index >= 15 is 0 Å². The number of nitrogens with zero attached hydrogens (tertiary/aromatic N) is 2. The van der Waals surface area contributed by atoms with Crippen LogP contribution in [0.15, 0.2) is 58.0 Å². The lowest BCUT2D eigenvalue weighted by molar-refractivity contribution is 0.408. The normalized spacial score (nSPS) is 11.6. The van der Waals surface area contributed by atoms with Crippen molar-refractivity contribution in [3.63, 3.8) is 0 Å². The third-order valence-corrected chi connectivity index (χ3v) is 4.04. The summed E-state index contributed by atoms with van der Waals surface area (Å²) in [6, 6.07) is 15.7. The van der Waals surface area contributed by atoms with E-state index in [0.717, 1.165) is 16.8 Å². The van der Waals surface area contributed by atoms with E-state index in [0.29, 0.717) is 16.5 Å². The summed E-state index contributed by atoms with van der Waals surface area (Å²) in [5.41, 5.74) is 4.63. The highest BCUT2D eigenvalue weighted by molar-refractivity contribution is 6.33. The van der Waals surface area contributed by atoms with Crippen molar-refractivity contribution in [2.24, 2.45) is 4.99 Å². The third-order valence-electron chi connectivity index (χ3n) is 3.70. The van der Waals surface area contributed by atoms with E-state index in [2.05, 4.69) is 29.2 Å². The number of benzene rings is 2. The van der Waals surface area contributed by atoms with E-state index in [1.54, 1.807) is 6.21 Å². The van der Waals surface area contributed by atoms with Crippen molar-refractivity contribution in [2.75, 3.05) is 0 Å². The van der Waals surface area contributed by atoms with Gasteiger partial charge in [0, 0.05) is 16.8 Å². The lowest BCUT2D eigenvalue weighted by Crippen LogP contribution is -1.82. The second kappa shape index (κ2) is 7.28. The zero-order valence-electron chi connectivity index (χ0n) is 13.5. The average Bonchev–Trinajstić information content (AvgIpc) is 2.93. The third kappa shape index (κ3) is 3.63. The molecule has 0 aliphatic carbocycles. The number of aryl methyl sites for hydroxylation is 2. The van der Waals surface area contributed by atoms with Crippen LogP contribution in [0.3, 0.4) is 0 Å². The molecule has 0 aliphatic rings. The summed E-state index contributed by atoms with van der Waals surface area (Å²) in [5, 5.41) is 4.67. The molecule has 24 heavy (non-hydrogen) atoms. The molecule has 0 N–H and O–H groups in total. The van der Waals surface area contributed by atoms with E-state index in [-0.39, 0.29) is 0 Å². The van der Waals surface area contributed by atoms with Crippen molar-refractivity contribution in [2.45, 2.75) is 13.8 Å². The summed E-state index contributed by atoms with van der Waals surface area (Å²) in [6.07, 6.45) is 5.62. The van der Waals surface area contributed by atoms with Crippen molar-refractivity contribution in [1.82, 2.24) is 5.16 Å². The van der Waals surface area contributed by atoms with Gasteiger partial charge in [0.2, 0.25) is 0 Å². The van der Waals surface area contributed by atoms with Crippen LogP contribution < -0.4 is 0 Å². The standard InChI is InChI=1S/C20H17ClN2O/c1-14-7-3-4-8-16(14)11-12-19-20(15(2)23-24-19)22-13-17-9-5-6-10-18(17)21/h3-13H,1-2H3/b12-11+,22-13?. The second-order valence-electron chi connectivity index (χ2n) is 5.45. The number of rotatable bonds is 4. The van der Waals surface area contributed by atoms with Gasteiger partial charge in [-0.2, -0.15) is 0 Å². The van der Waals surface area contributed by atoms with Gasteiger partial charge in [-0.05, 0) is 37.1 Å². The molecule has 0 saturated heterocycles. The number of aromatic nitrogens is 1. The number of halogens is 1. The molecule has 0 fully saturated rings. The molecule has 4 heteroatoms. The molecule has 2 aromatic carbocycles. The van der Waals surface area contributed by atoms with Gasteiger partial charge in [-0.25, -0.2) is 0 Å². The van der Waals surface area contributed by atoms with Gasteiger partial charge in [-0.3, -0.25) is 4.99 Å². The fourth-order valence-electron chi connectivity index (χ4n) is 2.30. The average molecular weight is 337 g/mol. The van der Waals surface area contributed by atoms with Crippen LogP contribution in [0.5, 0.6) is 0 Å². The molecule has 1 aromatic heterocycles. The topological polar surface area (TPSA) is 38.4 Å². The van der Waals surface area contributed by atoms with Gasteiger partial charge < -0.3 is 4.52 Å². The molecule has 3 rings (SSSR count). The van der Waals surface area contributed by atoms with Crippen molar-refractivity contribution in [3.05, 3.63) is 81.7 Å². The molecule has 120 valence electrons. The Hall–Kier alpha value is -2.65. The molecule has 3 aromatic rings. The van der Waals surface area contributed by atoms with Crippen LogP contribution in [0.25, 0.3) is 12.2 Å². The summed E-state index contributed by atoms with van der Waals surface area (Å²) < 4.78 is 5.39. The Labute approximate surface area is 146 Å². The van der Waals surface area contributed by atoms with Crippen molar-refractivity contribution < 1.29 is 4.52 Å². The Bertz CT molecular complexity index is 910. The van der Waals surface area contributed by atoms with Gasteiger partial charge >= 0.3 is 0 Å². The molecule has 3 nitrogen and oxygen atoms in total. The predicted molar refractivity (Wildman–Crippen MR) is 100 cm³/mol.